The number of amides is 1. The molecule has 0 saturated carbocycles. The van der Waals surface area contributed by atoms with E-state index in [-0.39, 0.29) is 17.7 Å². The first kappa shape index (κ1) is 21.9. The van der Waals surface area contributed by atoms with Crippen molar-refractivity contribution in [3.8, 4) is 5.69 Å². The lowest BCUT2D eigenvalue weighted by Crippen LogP contribution is -2.33. The van der Waals surface area contributed by atoms with Gasteiger partial charge in [-0.1, -0.05) is 34.9 Å². The van der Waals surface area contributed by atoms with Gasteiger partial charge in [-0.05, 0) is 64.0 Å². The number of hydrogen-bond donors (Lipinski definition) is 1. The van der Waals surface area contributed by atoms with Crippen LogP contribution in [0, 0.1) is 6.92 Å². The van der Waals surface area contributed by atoms with Crippen molar-refractivity contribution in [2.45, 2.75) is 44.3 Å². The third-order valence-electron chi connectivity index (χ3n) is 5.28. The number of thioether (sulfide) groups is 1. The topological polar surface area (TPSA) is 89.1 Å². The Hall–Kier alpha value is -2.36. The summed E-state index contributed by atoms with van der Waals surface area (Å²) < 4.78 is 7.01. The van der Waals surface area contributed by atoms with Gasteiger partial charge in [-0.15, -0.1) is 10.2 Å². The minimum atomic E-state index is -0.186. The van der Waals surface area contributed by atoms with Crippen LogP contribution in [0.15, 0.2) is 40.0 Å². The average Bonchev–Trinajstić information content (AvgIpc) is 3.39. The Morgan fingerprint density at radius 1 is 1.23 bits per heavy atom. The van der Waals surface area contributed by atoms with Crippen molar-refractivity contribution in [1.82, 2.24) is 24.8 Å². The van der Waals surface area contributed by atoms with E-state index < -0.39 is 0 Å². The molecule has 3 heterocycles. The highest BCUT2D eigenvalue weighted by Gasteiger charge is 2.26. The van der Waals surface area contributed by atoms with E-state index in [9.17, 15) is 4.79 Å². The number of carbonyl (C=O) groups excluding carboxylic acids is 1. The Morgan fingerprint density at radius 3 is 2.65 bits per heavy atom. The van der Waals surface area contributed by atoms with Crippen LogP contribution in [-0.4, -0.2) is 49.6 Å². The summed E-state index contributed by atoms with van der Waals surface area (Å²) in [5.74, 6) is 1.90. The molecule has 164 valence electrons. The molecule has 1 aliphatic rings. The number of aromatic nitrogens is 4. The maximum absolute atomic E-state index is 12.4. The molecule has 0 spiro atoms. The molecule has 1 fully saturated rings. The van der Waals surface area contributed by atoms with Crippen LogP contribution in [0.1, 0.15) is 43.8 Å². The SMILES string of the molecule is Cc1cc(NC(=O)CSc2nnc([C@H](C)N3CCCCC3)n2-c2ccc(Cl)cc2)no1. The third-order valence-corrected chi connectivity index (χ3v) is 6.46. The van der Waals surface area contributed by atoms with E-state index in [1.165, 1.54) is 31.0 Å². The zero-order valence-corrected chi connectivity index (χ0v) is 19.1. The summed E-state index contributed by atoms with van der Waals surface area (Å²) in [5, 5.41) is 16.8. The van der Waals surface area contributed by atoms with Crippen LogP contribution in [0.4, 0.5) is 5.82 Å². The molecule has 31 heavy (non-hydrogen) atoms. The predicted molar refractivity (Wildman–Crippen MR) is 121 cm³/mol. The smallest absolute Gasteiger partial charge is 0.236 e. The lowest BCUT2D eigenvalue weighted by Gasteiger charge is -2.31. The van der Waals surface area contributed by atoms with Crippen LogP contribution in [0.2, 0.25) is 5.02 Å². The number of carbonyl (C=O) groups is 1. The fraction of sp³-hybridized carbons (Fsp3) is 0.429. The van der Waals surface area contributed by atoms with E-state index >= 15 is 0 Å². The van der Waals surface area contributed by atoms with E-state index in [0.717, 1.165) is 24.6 Å². The molecule has 8 nitrogen and oxygen atoms in total. The van der Waals surface area contributed by atoms with E-state index in [4.69, 9.17) is 16.1 Å². The highest BCUT2D eigenvalue weighted by atomic mass is 35.5. The molecule has 0 unspecified atom stereocenters. The first-order valence-corrected chi connectivity index (χ1v) is 11.7. The Kier molecular flexibility index (Phi) is 6.94. The Labute approximate surface area is 190 Å². The first-order chi connectivity index (χ1) is 15.0. The van der Waals surface area contributed by atoms with Gasteiger partial charge in [-0.3, -0.25) is 14.3 Å². The van der Waals surface area contributed by atoms with Crippen molar-refractivity contribution in [2.24, 2.45) is 0 Å². The van der Waals surface area contributed by atoms with E-state index in [2.05, 4.69) is 32.5 Å². The number of nitrogens with one attached hydrogen (secondary N) is 1. The standard InChI is InChI=1S/C21H25ClN6O2S/c1-14-12-18(26-30-14)23-19(29)13-31-21-25-24-20(15(2)27-10-4-3-5-11-27)28(21)17-8-6-16(22)7-9-17/h6-9,12,15H,3-5,10-11,13H2,1-2H3,(H,23,26,29)/t15-/m0/s1. The lowest BCUT2D eigenvalue weighted by atomic mass is 10.1. The normalized spacial score (nSPS) is 15.7. The van der Waals surface area contributed by atoms with Gasteiger partial charge in [-0.25, -0.2) is 0 Å². The van der Waals surface area contributed by atoms with Gasteiger partial charge < -0.3 is 9.84 Å². The fourth-order valence-corrected chi connectivity index (χ4v) is 4.57. The number of halogens is 1. The second kappa shape index (κ2) is 9.84. The highest BCUT2D eigenvalue weighted by Crippen LogP contribution is 2.30. The van der Waals surface area contributed by atoms with Gasteiger partial charge >= 0.3 is 0 Å². The summed E-state index contributed by atoms with van der Waals surface area (Å²) in [5.41, 5.74) is 0.920. The van der Waals surface area contributed by atoms with Gasteiger partial charge in [0.15, 0.2) is 16.8 Å². The van der Waals surface area contributed by atoms with Gasteiger partial charge in [0, 0.05) is 16.8 Å². The van der Waals surface area contributed by atoms with Crippen LogP contribution in [0.3, 0.4) is 0 Å². The third kappa shape index (κ3) is 5.28. The Morgan fingerprint density at radius 2 is 1.97 bits per heavy atom. The highest BCUT2D eigenvalue weighted by molar-refractivity contribution is 7.99. The second-order valence-corrected chi connectivity index (χ2v) is 8.96. The summed E-state index contributed by atoms with van der Waals surface area (Å²) in [6, 6.07) is 9.38. The second-order valence-electron chi connectivity index (χ2n) is 7.58. The maximum Gasteiger partial charge on any atom is 0.236 e. The number of piperidine rings is 1. The predicted octanol–water partition coefficient (Wildman–Crippen LogP) is 4.49. The number of aryl methyl sites for hydroxylation is 1. The van der Waals surface area contributed by atoms with Gasteiger partial charge in [0.1, 0.15) is 5.76 Å². The summed E-state index contributed by atoms with van der Waals surface area (Å²) in [6.07, 6.45) is 3.67. The molecule has 2 aromatic heterocycles. The minimum Gasteiger partial charge on any atom is -0.360 e. The minimum absolute atomic E-state index is 0.116. The van der Waals surface area contributed by atoms with E-state index in [0.29, 0.717) is 21.8 Å². The average molecular weight is 461 g/mol. The van der Waals surface area contributed by atoms with Crippen molar-refractivity contribution in [3.05, 3.63) is 46.9 Å². The molecule has 3 aromatic rings. The molecule has 0 aliphatic carbocycles. The largest absolute Gasteiger partial charge is 0.360 e. The Bertz CT molecular complexity index is 1030. The molecule has 1 N–H and O–H groups in total. The number of hydrogen-bond acceptors (Lipinski definition) is 7. The van der Waals surface area contributed by atoms with Crippen molar-refractivity contribution < 1.29 is 9.32 Å². The van der Waals surface area contributed by atoms with Crippen molar-refractivity contribution in [3.63, 3.8) is 0 Å². The quantitative estimate of drug-likeness (QED) is 0.519. The van der Waals surface area contributed by atoms with E-state index in [1.54, 1.807) is 13.0 Å². The molecule has 1 saturated heterocycles. The van der Waals surface area contributed by atoms with Crippen LogP contribution in [0.25, 0.3) is 5.69 Å². The summed E-state index contributed by atoms with van der Waals surface area (Å²) in [4.78, 5) is 14.8. The number of nitrogens with zero attached hydrogens (tertiary/aromatic N) is 5. The molecule has 10 heteroatoms. The molecule has 1 atom stereocenters. The molecule has 1 aromatic carbocycles. The van der Waals surface area contributed by atoms with Crippen molar-refractivity contribution >= 4 is 35.1 Å². The van der Waals surface area contributed by atoms with E-state index in [1.807, 2.05) is 28.8 Å². The summed E-state index contributed by atoms with van der Waals surface area (Å²) >= 11 is 7.43. The maximum atomic E-state index is 12.4. The lowest BCUT2D eigenvalue weighted by molar-refractivity contribution is -0.113. The number of benzene rings is 1. The molecule has 0 radical (unpaired) electrons. The zero-order valence-electron chi connectivity index (χ0n) is 17.5. The summed E-state index contributed by atoms with van der Waals surface area (Å²) in [6.45, 7) is 6.04. The fourth-order valence-electron chi connectivity index (χ4n) is 3.68. The van der Waals surface area contributed by atoms with Gasteiger partial charge in [0.2, 0.25) is 5.91 Å². The molecule has 1 aliphatic heterocycles. The number of rotatable bonds is 7. The van der Waals surface area contributed by atoms with Crippen LogP contribution in [-0.2, 0) is 4.79 Å². The van der Waals surface area contributed by atoms with Crippen LogP contribution >= 0.6 is 23.4 Å². The monoisotopic (exact) mass is 460 g/mol. The zero-order chi connectivity index (χ0) is 21.8. The Balaban J connectivity index is 1.55. The van der Waals surface area contributed by atoms with Crippen molar-refractivity contribution in [1.29, 1.82) is 0 Å². The number of likely N-dealkylation sites (tertiary alicyclic amines) is 1. The first-order valence-electron chi connectivity index (χ1n) is 10.3. The van der Waals surface area contributed by atoms with Crippen molar-refractivity contribution in [2.75, 3.05) is 24.2 Å². The molecular weight excluding hydrogens is 436 g/mol. The van der Waals surface area contributed by atoms with Gasteiger partial charge in [0.25, 0.3) is 0 Å². The number of anilines is 1. The summed E-state index contributed by atoms with van der Waals surface area (Å²) in [7, 11) is 0. The van der Waals surface area contributed by atoms with Gasteiger partial charge in [0.05, 0.1) is 11.8 Å². The van der Waals surface area contributed by atoms with Crippen LogP contribution < -0.4 is 5.32 Å². The van der Waals surface area contributed by atoms with Gasteiger partial charge in [-0.2, -0.15) is 0 Å². The molecule has 1 amide bonds. The molecule has 0 bridgehead atoms. The molecule has 4 rings (SSSR count). The molecular formula is C21H25ClN6O2S. The van der Waals surface area contributed by atoms with Crippen LogP contribution in [0.5, 0.6) is 0 Å².